The molecule has 13 heteroatoms. The molecule has 2 heterocycles. The van der Waals surface area contributed by atoms with Crippen LogP contribution in [-0.4, -0.2) is 61.4 Å². The summed E-state index contributed by atoms with van der Waals surface area (Å²) in [6.07, 6.45) is 4.08. The lowest BCUT2D eigenvalue weighted by atomic mass is 10.1. The standard InChI is InChI=1S/C16H15NO4S.C16H17NO3S.C2H6S.B/c1-16(2)15(18)17-13-9-8-12(10-14(13)21-16)22(19,20)11-6-4-3-5-7-11;1-16(2)11-17-14-9-8-13(10-15(14)20-16)21(18,19)12-6-4-3-5-7-12;1-3-2;/h3-10H,1-2H3,(H,17,18);3-10,17H,11H2,1-2H3;1-2H3;. The van der Waals surface area contributed by atoms with E-state index >= 15 is 0 Å². The van der Waals surface area contributed by atoms with Crippen LogP contribution in [0, 0.1) is 0 Å². The molecule has 4 aromatic carbocycles. The number of anilines is 2. The van der Waals surface area contributed by atoms with E-state index in [1.54, 1.807) is 104 Å². The Kier molecular flexibility index (Phi) is 11.9. The molecule has 0 aromatic heterocycles. The third kappa shape index (κ3) is 8.71. The maximum absolute atomic E-state index is 12.6. The van der Waals surface area contributed by atoms with E-state index in [1.165, 1.54) is 18.2 Å². The van der Waals surface area contributed by atoms with Gasteiger partial charge in [-0.15, -0.1) is 0 Å². The van der Waals surface area contributed by atoms with Crippen LogP contribution in [0.5, 0.6) is 11.5 Å². The predicted molar refractivity (Wildman–Crippen MR) is 188 cm³/mol. The smallest absolute Gasteiger partial charge is 0.268 e. The van der Waals surface area contributed by atoms with E-state index in [4.69, 9.17) is 9.47 Å². The summed E-state index contributed by atoms with van der Waals surface area (Å²) < 4.78 is 61.9. The molecule has 247 valence electrons. The van der Waals surface area contributed by atoms with Crippen molar-refractivity contribution in [3.05, 3.63) is 97.1 Å². The Balaban J connectivity index is 0.000000232. The van der Waals surface area contributed by atoms with Gasteiger partial charge < -0.3 is 20.1 Å². The van der Waals surface area contributed by atoms with Gasteiger partial charge in [-0.2, -0.15) is 11.8 Å². The van der Waals surface area contributed by atoms with E-state index in [1.807, 2.05) is 26.4 Å². The average Bonchev–Trinajstić information content (AvgIpc) is 3.02. The molecule has 1 amide bonds. The van der Waals surface area contributed by atoms with Gasteiger partial charge in [0.2, 0.25) is 19.7 Å². The molecular weight excluding hydrogens is 655 g/mol. The molecule has 0 fully saturated rings. The molecule has 2 aliphatic rings. The lowest BCUT2D eigenvalue weighted by Gasteiger charge is -2.33. The normalized spacial score (nSPS) is 15.4. The quantitative estimate of drug-likeness (QED) is 0.236. The molecule has 0 aliphatic carbocycles. The van der Waals surface area contributed by atoms with E-state index in [0.29, 0.717) is 23.7 Å². The number of carbonyl (C=O) groups is 1. The molecule has 0 atom stereocenters. The minimum Gasteiger partial charge on any atom is -0.484 e. The van der Waals surface area contributed by atoms with Gasteiger partial charge in [-0.3, -0.25) is 4.79 Å². The highest BCUT2D eigenvalue weighted by Crippen LogP contribution is 2.37. The van der Waals surface area contributed by atoms with Crippen LogP contribution in [0.4, 0.5) is 11.4 Å². The number of hydrogen-bond donors (Lipinski definition) is 2. The monoisotopic (exact) mass is 693 g/mol. The van der Waals surface area contributed by atoms with Gasteiger partial charge in [0.25, 0.3) is 5.91 Å². The van der Waals surface area contributed by atoms with E-state index < -0.39 is 25.3 Å². The molecule has 2 aliphatic heterocycles. The van der Waals surface area contributed by atoms with Crippen LogP contribution in [0.2, 0.25) is 0 Å². The zero-order chi connectivity index (χ0) is 33.8. The average molecular weight is 694 g/mol. The van der Waals surface area contributed by atoms with Crippen molar-refractivity contribution in [3.8, 4) is 11.5 Å². The Morgan fingerprint density at radius 1 is 0.638 bits per heavy atom. The second-order valence-corrected chi connectivity index (χ2v) is 16.4. The van der Waals surface area contributed by atoms with Crippen LogP contribution >= 0.6 is 11.8 Å². The number of fused-ring (bicyclic) bond motifs is 2. The summed E-state index contributed by atoms with van der Waals surface area (Å²) in [6.45, 7) is 7.86. The second-order valence-electron chi connectivity index (χ2n) is 11.6. The van der Waals surface area contributed by atoms with Crippen LogP contribution in [-0.2, 0) is 24.5 Å². The van der Waals surface area contributed by atoms with Crippen molar-refractivity contribution in [2.24, 2.45) is 0 Å². The number of benzene rings is 4. The fourth-order valence-electron chi connectivity index (χ4n) is 4.47. The minimum atomic E-state index is -3.62. The molecule has 0 spiro atoms. The first-order valence-corrected chi connectivity index (χ1v) is 18.9. The van der Waals surface area contributed by atoms with Crippen molar-refractivity contribution in [3.63, 3.8) is 0 Å². The van der Waals surface area contributed by atoms with Gasteiger partial charge >= 0.3 is 0 Å². The van der Waals surface area contributed by atoms with Crippen molar-refractivity contribution in [1.82, 2.24) is 0 Å². The summed E-state index contributed by atoms with van der Waals surface area (Å²) in [4.78, 5) is 12.7. The second kappa shape index (κ2) is 14.9. The summed E-state index contributed by atoms with van der Waals surface area (Å²) in [6, 6.07) is 26.0. The van der Waals surface area contributed by atoms with E-state index in [0.717, 1.165) is 5.69 Å². The number of amides is 1. The fourth-order valence-corrected chi connectivity index (χ4v) is 7.06. The third-order valence-electron chi connectivity index (χ3n) is 6.88. The first-order chi connectivity index (χ1) is 21.6. The first kappa shape index (κ1) is 37.5. The van der Waals surface area contributed by atoms with Crippen molar-refractivity contribution >= 4 is 57.1 Å². The van der Waals surface area contributed by atoms with Gasteiger partial charge in [0.15, 0.2) is 5.60 Å². The molecule has 0 unspecified atom stereocenters. The predicted octanol–water partition coefficient (Wildman–Crippen LogP) is 6.33. The number of hydrogen-bond acceptors (Lipinski definition) is 9. The Labute approximate surface area is 283 Å². The summed E-state index contributed by atoms with van der Waals surface area (Å²) in [5, 5.41) is 5.96. The summed E-state index contributed by atoms with van der Waals surface area (Å²) >= 11 is 1.75. The number of sulfone groups is 2. The Bertz CT molecular complexity index is 1920. The van der Waals surface area contributed by atoms with Gasteiger partial charge in [-0.1, -0.05) is 36.4 Å². The first-order valence-electron chi connectivity index (χ1n) is 14.3. The maximum Gasteiger partial charge on any atom is 0.268 e. The summed E-state index contributed by atoms with van der Waals surface area (Å²) in [5.74, 6) is 0.656. The molecule has 2 N–H and O–H groups in total. The third-order valence-corrected chi connectivity index (χ3v) is 10.4. The zero-order valence-corrected chi connectivity index (χ0v) is 29.6. The number of thioether (sulfide) groups is 1. The number of carbonyl (C=O) groups excluding carboxylic acids is 1. The molecule has 4 aromatic rings. The summed E-state index contributed by atoms with van der Waals surface area (Å²) in [5.41, 5.74) is -0.109. The number of ether oxygens (including phenoxy) is 2. The highest BCUT2D eigenvalue weighted by molar-refractivity contribution is 7.97. The van der Waals surface area contributed by atoms with Crippen LogP contribution in [0.1, 0.15) is 27.7 Å². The van der Waals surface area contributed by atoms with E-state index in [-0.39, 0.29) is 39.5 Å². The van der Waals surface area contributed by atoms with E-state index in [2.05, 4.69) is 10.6 Å². The highest BCUT2D eigenvalue weighted by atomic mass is 32.2. The van der Waals surface area contributed by atoms with Crippen molar-refractivity contribution in [2.45, 2.75) is 58.5 Å². The van der Waals surface area contributed by atoms with Gasteiger partial charge in [0, 0.05) is 20.5 Å². The molecular formula is C34H38BN2O7S3. The fraction of sp³-hybridized carbons (Fsp3) is 0.265. The van der Waals surface area contributed by atoms with Crippen LogP contribution in [0.15, 0.2) is 117 Å². The van der Waals surface area contributed by atoms with Gasteiger partial charge in [0.05, 0.1) is 37.5 Å². The highest BCUT2D eigenvalue weighted by Gasteiger charge is 2.36. The molecule has 6 rings (SSSR count). The lowest BCUT2D eigenvalue weighted by molar-refractivity contribution is -0.129. The maximum atomic E-state index is 12.6. The Morgan fingerprint density at radius 3 is 1.53 bits per heavy atom. The minimum absolute atomic E-state index is 0. The molecule has 47 heavy (non-hydrogen) atoms. The van der Waals surface area contributed by atoms with Gasteiger partial charge in [0.1, 0.15) is 17.1 Å². The summed E-state index contributed by atoms with van der Waals surface area (Å²) in [7, 11) is -7.13. The topological polar surface area (TPSA) is 128 Å². The van der Waals surface area contributed by atoms with Crippen LogP contribution in [0.3, 0.4) is 0 Å². The van der Waals surface area contributed by atoms with Gasteiger partial charge in [-0.25, -0.2) is 16.8 Å². The van der Waals surface area contributed by atoms with Crippen molar-refractivity contribution < 1.29 is 31.1 Å². The lowest BCUT2D eigenvalue weighted by Crippen LogP contribution is -2.45. The SMILES string of the molecule is CC1(C)CNc2ccc(S(=O)(=O)c3ccccc3)cc2O1.CC1(C)Oc2cc(S(=O)(=O)c3ccccc3)ccc2NC1=O.CSC.[B]. The number of rotatable bonds is 4. The molecule has 0 saturated heterocycles. The van der Waals surface area contributed by atoms with Crippen LogP contribution < -0.4 is 20.1 Å². The molecule has 3 radical (unpaired) electrons. The largest absolute Gasteiger partial charge is 0.484 e. The van der Waals surface area contributed by atoms with Crippen molar-refractivity contribution in [2.75, 3.05) is 29.7 Å². The van der Waals surface area contributed by atoms with E-state index in [9.17, 15) is 21.6 Å². The van der Waals surface area contributed by atoms with Crippen molar-refractivity contribution in [1.29, 1.82) is 0 Å². The number of nitrogens with one attached hydrogen (secondary N) is 2. The zero-order valence-electron chi connectivity index (χ0n) is 27.1. The Morgan fingerprint density at radius 2 is 1.06 bits per heavy atom. The van der Waals surface area contributed by atoms with Crippen LogP contribution in [0.25, 0.3) is 0 Å². The molecule has 9 nitrogen and oxygen atoms in total. The Hall–Kier alpha value is -3.94. The molecule has 0 bridgehead atoms. The van der Waals surface area contributed by atoms with Gasteiger partial charge in [-0.05, 0) is 88.7 Å². The molecule has 0 saturated carbocycles.